The molecule has 2 aromatic carbocycles. The smallest absolute Gasteiger partial charge is 0.113 e. The van der Waals surface area contributed by atoms with Gasteiger partial charge in [-0.25, -0.2) is 0 Å². The van der Waals surface area contributed by atoms with Gasteiger partial charge in [0.25, 0.3) is 0 Å². The first-order chi connectivity index (χ1) is 16.4. The van der Waals surface area contributed by atoms with Gasteiger partial charge in [0.05, 0.1) is 12.3 Å². The fourth-order valence-corrected chi connectivity index (χ4v) is 4.15. The molecule has 0 amide bonds. The van der Waals surface area contributed by atoms with Crippen LogP contribution in [0.1, 0.15) is 39.6 Å². The number of aryl methyl sites for hydroxylation is 1. The highest BCUT2D eigenvalue weighted by Gasteiger charge is 2.44. The van der Waals surface area contributed by atoms with Crippen molar-refractivity contribution in [2.45, 2.75) is 43.9 Å². The van der Waals surface area contributed by atoms with Crippen LogP contribution < -0.4 is 0 Å². The highest BCUT2D eigenvalue weighted by molar-refractivity contribution is 6.31. The standard InChI is InChI=1S/C27H26ClNO5/c1-16-19(3-2-12-29-16)9-8-17-4-6-18(7-5-17)13-21-14-20(10-11-22(21)28)27-26(33)25(32)24(31)23(15-30)34-27/h2-7,10-12,14,23-27,30-33H,13,15H2,1H3/t23-,24-,25+,26-,27+/m1/s1. The number of pyridine rings is 1. The quantitative estimate of drug-likeness (QED) is 0.429. The minimum atomic E-state index is -1.43. The molecule has 1 fully saturated rings. The second kappa shape index (κ2) is 10.7. The van der Waals surface area contributed by atoms with E-state index < -0.39 is 37.1 Å². The Kier molecular flexibility index (Phi) is 7.64. The molecule has 0 bridgehead atoms. The minimum absolute atomic E-state index is 0.475. The number of benzene rings is 2. The van der Waals surface area contributed by atoms with Crippen molar-refractivity contribution < 1.29 is 25.2 Å². The molecule has 176 valence electrons. The number of aliphatic hydroxyl groups is 4. The second-order valence-corrected chi connectivity index (χ2v) is 8.77. The topological polar surface area (TPSA) is 103 Å². The fraction of sp³-hybridized carbons (Fsp3) is 0.296. The Hall–Kier alpha value is -2.76. The molecule has 1 aliphatic heterocycles. The lowest BCUT2D eigenvalue weighted by Gasteiger charge is -2.40. The summed E-state index contributed by atoms with van der Waals surface area (Å²) in [7, 11) is 0. The van der Waals surface area contributed by atoms with E-state index in [1.807, 2.05) is 49.4 Å². The van der Waals surface area contributed by atoms with Crippen molar-refractivity contribution in [3.05, 3.63) is 99.3 Å². The van der Waals surface area contributed by atoms with Gasteiger partial charge in [-0.05, 0) is 60.4 Å². The number of nitrogens with zero attached hydrogens (tertiary/aromatic N) is 1. The van der Waals surface area contributed by atoms with Crippen LogP contribution in [0.25, 0.3) is 0 Å². The van der Waals surface area contributed by atoms with E-state index in [1.54, 1.807) is 18.3 Å². The number of hydrogen-bond donors (Lipinski definition) is 4. The lowest BCUT2D eigenvalue weighted by atomic mass is 9.90. The van der Waals surface area contributed by atoms with E-state index in [1.165, 1.54) is 0 Å². The zero-order valence-electron chi connectivity index (χ0n) is 18.6. The van der Waals surface area contributed by atoms with Gasteiger partial charge in [0, 0.05) is 22.3 Å². The normalized spacial score (nSPS) is 24.4. The number of ether oxygens (including phenoxy) is 1. The van der Waals surface area contributed by atoms with Gasteiger partial charge < -0.3 is 25.2 Å². The fourth-order valence-electron chi connectivity index (χ4n) is 3.97. The van der Waals surface area contributed by atoms with Crippen molar-refractivity contribution in [1.29, 1.82) is 0 Å². The average molecular weight is 480 g/mol. The molecular formula is C27H26ClNO5. The maximum atomic E-state index is 10.4. The Morgan fingerprint density at radius 2 is 1.74 bits per heavy atom. The summed E-state index contributed by atoms with van der Waals surface area (Å²) in [5.74, 6) is 6.30. The highest BCUT2D eigenvalue weighted by Crippen LogP contribution is 2.34. The first-order valence-electron chi connectivity index (χ1n) is 11.0. The molecular weight excluding hydrogens is 454 g/mol. The Balaban J connectivity index is 1.51. The summed E-state index contributed by atoms with van der Waals surface area (Å²) in [5, 5.41) is 40.6. The lowest BCUT2D eigenvalue weighted by Crippen LogP contribution is -2.55. The molecule has 2 heterocycles. The van der Waals surface area contributed by atoms with E-state index in [0.717, 1.165) is 27.9 Å². The first kappa shape index (κ1) is 24.4. The third-order valence-corrected chi connectivity index (χ3v) is 6.36. The van der Waals surface area contributed by atoms with Crippen molar-refractivity contribution in [3.8, 4) is 11.8 Å². The molecule has 4 rings (SSSR count). The second-order valence-electron chi connectivity index (χ2n) is 8.36. The van der Waals surface area contributed by atoms with Gasteiger partial charge >= 0.3 is 0 Å². The van der Waals surface area contributed by atoms with Crippen molar-refractivity contribution in [3.63, 3.8) is 0 Å². The van der Waals surface area contributed by atoms with Crippen molar-refractivity contribution >= 4 is 11.6 Å². The summed E-state index contributed by atoms with van der Waals surface area (Å²) in [6, 6.07) is 16.9. The van der Waals surface area contributed by atoms with Crippen molar-refractivity contribution in [2.75, 3.05) is 6.61 Å². The average Bonchev–Trinajstić information content (AvgIpc) is 2.85. The molecule has 4 N–H and O–H groups in total. The Morgan fingerprint density at radius 3 is 2.44 bits per heavy atom. The van der Waals surface area contributed by atoms with Crippen LogP contribution in [0, 0.1) is 18.8 Å². The summed E-state index contributed by atoms with van der Waals surface area (Å²) in [5.41, 5.74) is 5.11. The van der Waals surface area contributed by atoms with Gasteiger partial charge in [0.2, 0.25) is 0 Å². The van der Waals surface area contributed by atoms with Crippen LogP contribution in [0.2, 0.25) is 5.02 Å². The third-order valence-electron chi connectivity index (χ3n) is 5.99. The molecule has 7 heteroatoms. The zero-order chi connectivity index (χ0) is 24.2. The Morgan fingerprint density at radius 1 is 0.971 bits per heavy atom. The van der Waals surface area contributed by atoms with Crippen LogP contribution in [-0.4, -0.2) is 56.4 Å². The van der Waals surface area contributed by atoms with E-state index in [2.05, 4.69) is 16.8 Å². The number of rotatable bonds is 4. The summed E-state index contributed by atoms with van der Waals surface area (Å²) in [4.78, 5) is 4.24. The van der Waals surface area contributed by atoms with Gasteiger partial charge in [-0.1, -0.05) is 47.7 Å². The maximum absolute atomic E-state index is 10.4. The van der Waals surface area contributed by atoms with Gasteiger partial charge in [0.1, 0.15) is 30.5 Å². The SMILES string of the molecule is Cc1ncccc1C#Cc1ccc(Cc2cc([C@@H]3O[C@H](CO)[C@@H](O)[C@H](O)[C@H]3O)ccc2Cl)cc1. The summed E-state index contributed by atoms with van der Waals surface area (Å²) >= 11 is 6.43. The van der Waals surface area contributed by atoms with Crippen LogP contribution >= 0.6 is 11.6 Å². The largest absolute Gasteiger partial charge is 0.394 e. The predicted octanol–water partition coefficient (Wildman–Crippen LogP) is 2.55. The molecule has 0 aliphatic carbocycles. The molecule has 34 heavy (non-hydrogen) atoms. The van der Waals surface area contributed by atoms with E-state index in [0.29, 0.717) is 17.0 Å². The number of hydrogen-bond acceptors (Lipinski definition) is 6. The molecule has 0 radical (unpaired) electrons. The van der Waals surface area contributed by atoms with Gasteiger partial charge in [0.15, 0.2) is 0 Å². The summed E-state index contributed by atoms with van der Waals surface area (Å²) in [6.07, 6.45) is -3.75. The molecule has 0 saturated carbocycles. The van der Waals surface area contributed by atoms with E-state index in [9.17, 15) is 20.4 Å². The highest BCUT2D eigenvalue weighted by atomic mass is 35.5. The van der Waals surface area contributed by atoms with Crippen molar-refractivity contribution in [1.82, 2.24) is 4.98 Å². The van der Waals surface area contributed by atoms with E-state index in [-0.39, 0.29) is 0 Å². The van der Waals surface area contributed by atoms with Gasteiger partial charge in [-0.3, -0.25) is 4.98 Å². The molecule has 0 unspecified atom stereocenters. The van der Waals surface area contributed by atoms with Crippen LogP contribution in [0.3, 0.4) is 0 Å². The van der Waals surface area contributed by atoms with Crippen LogP contribution in [0.4, 0.5) is 0 Å². The molecule has 1 aromatic heterocycles. The molecule has 5 atom stereocenters. The number of aromatic nitrogens is 1. The minimum Gasteiger partial charge on any atom is -0.394 e. The number of aliphatic hydroxyl groups excluding tert-OH is 4. The number of halogens is 1. The molecule has 1 aliphatic rings. The maximum Gasteiger partial charge on any atom is 0.113 e. The summed E-state index contributed by atoms with van der Waals surface area (Å²) < 4.78 is 5.68. The Labute approximate surface area is 203 Å². The van der Waals surface area contributed by atoms with Crippen LogP contribution in [-0.2, 0) is 11.2 Å². The molecule has 1 saturated heterocycles. The van der Waals surface area contributed by atoms with Gasteiger partial charge in [-0.15, -0.1) is 0 Å². The van der Waals surface area contributed by atoms with Crippen LogP contribution in [0.15, 0.2) is 60.8 Å². The predicted molar refractivity (Wildman–Crippen MR) is 128 cm³/mol. The molecule has 3 aromatic rings. The Bertz CT molecular complexity index is 1200. The van der Waals surface area contributed by atoms with E-state index >= 15 is 0 Å². The van der Waals surface area contributed by atoms with Crippen molar-refractivity contribution in [2.24, 2.45) is 0 Å². The molecule has 6 nitrogen and oxygen atoms in total. The summed E-state index contributed by atoms with van der Waals surface area (Å²) in [6.45, 7) is 1.45. The van der Waals surface area contributed by atoms with E-state index in [4.69, 9.17) is 16.3 Å². The lowest BCUT2D eigenvalue weighted by molar-refractivity contribution is -0.231. The monoisotopic (exact) mass is 479 g/mol. The zero-order valence-corrected chi connectivity index (χ0v) is 19.4. The van der Waals surface area contributed by atoms with Gasteiger partial charge in [-0.2, -0.15) is 0 Å². The third kappa shape index (κ3) is 5.31. The van der Waals surface area contributed by atoms with Crippen LogP contribution in [0.5, 0.6) is 0 Å². The molecule has 0 spiro atoms. The first-order valence-corrected chi connectivity index (χ1v) is 11.4.